The molecule has 0 spiro atoms. The Balaban J connectivity index is 2.47. The van der Waals surface area contributed by atoms with Crippen molar-refractivity contribution in [3.05, 3.63) is 34.3 Å². The number of benzene rings is 1. The lowest BCUT2D eigenvalue weighted by Crippen LogP contribution is -2.19. The van der Waals surface area contributed by atoms with Gasteiger partial charge in [0.1, 0.15) is 0 Å². The highest BCUT2D eigenvalue weighted by atomic mass is 16.4. The molecule has 1 aromatic heterocycles. The lowest BCUT2D eigenvalue weighted by atomic mass is 10.0. The van der Waals surface area contributed by atoms with Crippen LogP contribution >= 0.6 is 0 Å². The number of nitrogens with zero attached hydrogens (tertiary/aromatic N) is 2. The minimum absolute atomic E-state index is 0.0165. The van der Waals surface area contributed by atoms with E-state index >= 15 is 0 Å². The number of H-pyrrole nitrogens is 1. The van der Waals surface area contributed by atoms with Gasteiger partial charge in [-0.05, 0) is 31.8 Å². The second-order valence-corrected chi connectivity index (χ2v) is 4.11. The maximum atomic E-state index is 11.0. The van der Waals surface area contributed by atoms with E-state index in [1.807, 2.05) is 31.1 Å². The molecule has 0 saturated carbocycles. The van der Waals surface area contributed by atoms with Crippen LogP contribution in [0.5, 0.6) is 0 Å². The van der Waals surface area contributed by atoms with Gasteiger partial charge >= 0.3 is 5.76 Å². The number of hydrogen-bond donors (Lipinski definition) is 1. The van der Waals surface area contributed by atoms with Gasteiger partial charge in [-0.1, -0.05) is 6.07 Å². The summed E-state index contributed by atoms with van der Waals surface area (Å²) in [5.74, 6) is -0.459. The molecular formula is C12H13N3O2. The molecule has 0 amide bonds. The van der Waals surface area contributed by atoms with Crippen molar-refractivity contribution in [1.82, 2.24) is 9.88 Å². The van der Waals surface area contributed by atoms with E-state index in [4.69, 9.17) is 9.68 Å². The summed E-state index contributed by atoms with van der Waals surface area (Å²) in [6, 6.07) is 7.65. The molecule has 0 bridgehead atoms. The molecule has 5 nitrogen and oxygen atoms in total. The number of nitrogens with one attached hydrogen (secondary N) is 1. The van der Waals surface area contributed by atoms with Gasteiger partial charge in [0.05, 0.1) is 18.0 Å². The van der Waals surface area contributed by atoms with Crippen molar-refractivity contribution >= 4 is 11.1 Å². The van der Waals surface area contributed by atoms with Crippen LogP contribution in [0.1, 0.15) is 18.0 Å². The zero-order chi connectivity index (χ0) is 12.4. The molecule has 88 valence electrons. The summed E-state index contributed by atoms with van der Waals surface area (Å²) in [7, 11) is 3.84. The van der Waals surface area contributed by atoms with Gasteiger partial charge in [0.25, 0.3) is 0 Å². The van der Waals surface area contributed by atoms with Crippen LogP contribution < -0.4 is 5.76 Å². The summed E-state index contributed by atoms with van der Waals surface area (Å²) in [4.78, 5) is 15.6. The van der Waals surface area contributed by atoms with Crippen molar-refractivity contribution < 1.29 is 4.42 Å². The lowest BCUT2D eigenvalue weighted by Gasteiger charge is -2.21. The minimum Gasteiger partial charge on any atom is -0.408 e. The quantitative estimate of drug-likeness (QED) is 0.871. The van der Waals surface area contributed by atoms with E-state index < -0.39 is 5.76 Å². The van der Waals surface area contributed by atoms with Crippen molar-refractivity contribution in [2.24, 2.45) is 0 Å². The molecule has 1 unspecified atom stereocenters. The largest absolute Gasteiger partial charge is 0.417 e. The normalized spacial score (nSPS) is 12.8. The molecule has 1 N–H and O–H groups in total. The zero-order valence-electron chi connectivity index (χ0n) is 9.73. The highest BCUT2D eigenvalue weighted by molar-refractivity contribution is 5.72. The predicted molar refractivity (Wildman–Crippen MR) is 63.5 cm³/mol. The first-order valence-electron chi connectivity index (χ1n) is 5.28. The van der Waals surface area contributed by atoms with Gasteiger partial charge in [0.15, 0.2) is 5.58 Å². The third-order valence-corrected chi connectivity index (χ3v) is 2.74. The average Bonchev–Trinajstić information content (AvgIpc) is 2.64. The molecule has 1 aromatic carbocycles. The van der Waals surface area contributed by atoms with Gasteiger partial charge in [-0.25, -0.2) is 4.79 Å². The monoisotopic (exact) mass is 231 g/mol. The molecule has 0 aliphatic heterocycles. The summed E-state index contributed by atoms with van der Waals surface area (Å²) in [5, 5.41) is 8.81. The van der Waals surface area contributed by atoms with E-state index in [1.165, 1.54) is 0 Å². The number of hydrogen-bond acceptors (Lipinski definition) is 4. The van der Waals surface area contributed by atoms with Crippen LogP contribution in [0, 0.1) is 11.3 Å². The topological polar surface area (TPSA) is 73.0 Å². The Kier molecular flexibility index (Phi) is 2.98. The number of fused-ring (bicyclic) bond motifs is 1. The van der Waals surface area contributed by atoms with Crippen molar-refractivity contribution in [3.63, 3.8) is 0 Å². The molecule has 1 atom stereocenters. The number of aromatic nitrogens is 1. The predicted octanol–water partition coefficient (Wildman–Crippen LogP) is 1.64. The van der Waals surface area contributed by atoms with Crippen molar-refractivity contribution in [1.29, 1.82) is 5.26 Å². The Morgan fingerprint density at radius 3 is 2.94 bits per heavy atom. The minimum atomic E-state index is -0.459. The van der Waals surface area contributed by atoms with Crippen LogP contribution in [0.2, 0.25) is 0 Å². The second kappa shape index (κ2) is 4.44. The molecular weight excluding hydrogens is 218 g/mol. The van der Waals surface area contributed by atoms with Crippen molar-refractivity contribution in [2.45, 2.75) is 12.5 Å². The third-order valence-electron chi connectivity index (χ3n) is 2.74. The standard InChI is InChI=1S/C12H13N3O2/c1-15(2)10(5-6-13)8-3-4-11-9(7-8)14-12(16)17-11/h3-4,7,10H,5H2,1-2H3,(H,14,16). The molecule has 17 heavy (non-hydrogen) atoms. The number of oxazole rings is 1. The van der Waals surface area contributed by atoms with E-state index in [9.17, 15) is 4.79 Å². The number of aromatic amines is 1. The first kappa shape index (κ1) is 11.4. The summed E-state index contributed by atoms with van der Waals surface area (Å²) in [6.45, 7) is 0. The van der Waals surface area contributed by atoms with Crippen LogP contribution in [-0.4, -0.2) is 24.0 Å². The van der Waals surface area contributed by atoms with Crippen LogP contribution in [-0.2, 0) is 0 Å². The first-order valence-corrected chi connectivity index (χ1v) is 5.28. The molecule has 0 aliphatic carbocycles. The molecule has 0 radical (unpaired) electrons. The Hall–Kier alpha value is -2.06. The fourth-order valence-electron chi connectivity index (χ4n) is 1.86. The molecule has 2 rings (SSSR count). The SMILES string of the molecule is CN(C)C(CC#N)c1ccc2oc(=O)[nH]c2c1. The van der Waals surface area contributed by atoms with Crippen molar-refractivity contribution in [3.8, 4) is 6.07 Å². The Bertz CT molecular complexity index is 618. The van der Waals surface area contributed by atoms with Gasteiger partial charge < -0.3 is 9.32 Å². The van der Waals surface area contributed by atoms with E-state index in [0.717, 1.165) is 5.56 Å². The van der Waals surface area contributed by atoms with E-state index in [1.54, 1.807) is 6.07 Å². The van der Waals surface area contributed by atoms with E-state index in [0.29, 0.717) is 17.5 Å². The molecule has 0 saturated heterocycles. The molecule has 5 heteroatoms. The Morgan fingerprint density at radius 1 is 1.53 bits per heavy atom. The fourth-order valence-corrected chi connectivity index (χ4v) is 1.86. The fraction of sp³-hybridized carbons (Fsp3) is 0.333. The first-order chi connectivity index (χ1) is 8.11. The zero-order valence-corrected chi connectivity index (χ0v) is 9.73. The summed E-state index contributed by atoms with van der Waals surface area (Å²) < 4.78 is 4.93. The summed E-state index contributed by atoms with van der Waals surface area (Å²) in [6.07, 6.45) is 0.403. The van der Waals surface area contributed by atoms with Crippen LogP contribution in [0.3, 0.4) is 0 Å². The Labute approximate surface area is 98.3 Å². The molecule has 2 aromatic rings. The second-order valence-electron chi connectivity index (χ2n) is 4.11. The number of rotatable bonds is 3. The Morgan fingerprint density at radius 2 is 2.29 bits per heavy atom. The maximum Gasteiger partial charge on any atom is 0.417 e. The molecule has 0 fully saturated rings. The van der Waals surface area contributed by atoms with Crippen LogP contribution in [0.4, 0.5) is 0 Å². The van der Waals surface area contributed by atoms with Gasteiger partial charge in [-0.3, -0.25) is 4.98 Å². The van der Waals surface area contributed by atoms with E-state index in [2.05, 4.69) is 11.1 Å². The molecule has 0 aliphatic rings. The number of nitriles is 1. The van der Waals surface area contributed by atoms with Crippen molar-refractivity contribution in [2.75, 3.05) is 14.1 Å². The summed E-state index contributed by atoms with van der Waals surface area (Å²) >= 11 is 0. The van der Waals surface area contributed by atoms with Gasteiger partial charge in [-0.2, -0.15) is 5.26 Å². The van der Waals surface area contributed by atoms with Gasteiger partial charge in [0.2, 0.25) is 0 Å². The highest BCUT2D eigenvalue weighted by Crippen LogP contribution is 2.24. The van der Waals surface area contributed by atoms with Gasteiger partial charge in [-0.15, -0.1) is 0 Å². The van der Waals surface area contributed by atoms with Crippen LogP contribution in [0.25, 0.3) is 11.1 Å². The highest BCUT2D eigenvalue weighted by Gasteiger charge is 2.14. The smallest absolute Gasteiger partial charge is 0.408 e. The average molecular weight is 231 g/mol. The summed E-state index contributed by atoms with van der Waals surface area (Å²) in [5.41, 5.74) is 2.19. The van der Waals surface area contributed by atoms with Crippen LogP contribution in [0.15, 0.2) is 27.4 Å². The van der Waals surface area contributed by atoms with Gasteiger partial charge in [0, 0.05) is 6.04 Å². The maximum absolute atomic E-state index is 11.0. The third kappa shape index (κ3) is 2.22. The van der Waals surface area contributed by atoms with E-state index in [-0.39, 0.29) is 6.04 Å². The molecule has 1 heterocycles. The lowest BCUT2D eigenvalue weighted by molar-refractivity contribution is 0.303.